The number of carbonyl (C=O) groups excluding carboxylic acids is 1. The standard InChI is InChI=1S/C17H19N7O/c25-17(15-5-6-16(21-20-15)22-11-8-18-13-22)24-10-2-1-4-14(24)12-23-9-3-7-19-23/h3,5-9,11,13-14H,1-2,4,10,12H2/t14-/m1/s1. The Morgan fingerprint density at radius 1 is 1.16 bits per heavy atom. The molecule has 1 fully saturated rings. The first kappa shape index (κ1) is 15.5. The van der Waals surface area contributed by atoms with Gasteiger partial charge in [-0.25, -0.2) is 4.98 Å². The number of likely N-dealkylation sites (tertiary alicyclic amines) is 1. The average molecular weight is 337 g/mol. The average Bonchev–Trinajstić information content (AvgIpc) is 3.36. The van der Waals surface area contributed by atoms with E-state index in [-0.39, 0.29) is 11.9 Å². The van der Waals surface area contributed by atoms with E-state index in [2.05, 4.69) is 20.3 Å². The van der Waals surface area contributed by atoms with Gasteiger partial charge in [-0.2, -0.15) is 5.10 Å². The van der Waals surface area contributed by atoms with Gasteiger partial charge in [0.1, 0.15) is 6.33 Å². The van der Waals surface area contributed by atoms with Gasteiger partial charge in [-0.3, -0.25) is 14.0 Å². The maximum atomic E-state index is 12.9. The number of nitrogens with zero attached hydrogens (tertiary/aromatic N) is 7. The molecule has 3 aromatic heterocycles. The second kappa shape index (κ2) is 6.84. The van der Waals surface area contributed by atoms with Gasteiger partial charge in [0.2, 0.25) is 0 Å². The van der Waals surface area contributed by atoms with Crippen LogP contribution in [-0.2, 0) is 6.54 Å². The van der Waals surface area contributed by atoms with Crippen LogP contribution in [-0.4, -0.2) is 52.9 Å². The molecule has 128 valence electrons. The number of carbonyl (C=O) groups is 1. The third kappa shape index (κ3) is 3.28. The molecule has 0 spiro atoms. The molecule has 4 heterocycles. The monoisotopic (exact) mass is 337 g/mol. The molecule has 1 saturated heterocycles. The molecular formula is C17H19N7O. The van der Waals surface area contributed by atoms with Crippen LogP contribution in [0.25, 0.3) is 5.82 Å². The van der Waals surface area contributed by atoms with Crippen molar-refractivity contribution in [1.82, 2.24) is 34.4 Å². The Morgan fingerprint density at radius 3 is 2.84 bits per heavy atom. The van der Waals surface area contributed by atoms with Crippen molar-refractivity contribution in [3.8, 4) is 5.82 Å². The topological polar surface area (TPSA) is 81.7 Å². The van der Waals surface area contributed by atoms with Crippen molar-refractivity contribution in [1.29, 1.82) is 0 Å². The fourth-order valence-corrected chi connectivity index (χ4v) is 3.20. The molecule has 8 heteroatoms. The molecule has 8 nitrogen and oxygen atoms in total. The number of aromatic nitrogens is 6. The molecule has 0 N–H and O–H groups in total. The summed E-state index contributed by atoms with van der Waals surface area (Å²) < 4.78 is 3.63. The predicted octanol–water partition coefficient (Wildman–Crippen LogP) is 1.55. The van der Waals surface area contributed by atoms with E-state index in [1.807, 2.05) is 21.8 Å². The molecule has 1 aliphatic heterocycles. The third-order valence-electron chi connectivity index (χ3n) is 4.48. The summed E-state index contributed by atoms with van der Waals surface area (Å²) >= 11 is 0. The highest BCUT2D eigenvalue weighted by Crippen LogP contribution is 2.20. The van der Waals surface area contributed by atoms with E-state index in [0.29, 0.717) is 18.1 Å². The number of hydrogen-bond acceptors (Lipinski definition) is 5. The molecule has 1 amide bonds. The number of hydrogen-bond donors (Lipinski definition) is 0. The Morgan fingerprint density at radius 2 is 2.12 bits per heavy atom. The summed E-state index contributed by atoms with van der Waals surface area (Å²) in [5.74, 6) is 0.572. The fraction of sp³-hybridized carbons (Fsp3) is 0.353. The first-order chi connectivity index (χ1) is 12.3. The van der Waals surface area contributed by atoms with Crippen molar-refractivity contribution in [2.45, 2.75) is 31.8 Å². The second-order valence-electron chi connectivity index (χ2n) is 6.12. The highest BCUT2D eigenvalue weighted by Gasteiger charge is 2.28. The minimum Gasteiger partial charge on any atom is -0.332 e. The molecule has 0 radical (unpaired) electrons. The lowest BCUT2D eigenvalue weighted by atomic mass is 10.0. The molecule has 1 atom stereocenters. The quantitative estimate of drug-likeness (QED) is 0.721. The van der Waals surface area contributed by atoms with Crippen LogP contribution in [0.3, 0.4) is 0 Å². The normalized spacial score (nSPS) is 17.6. The minimum absolute atomic E-state index is 0.0680. The van der Waals surface area contributed by atoms with Gasteiger partial charge in [0.15, 0.2) is 11.5 Å². The second-order valence-corrected chi connectivity index (χ2v) is 6.12. The Kier molecular flexibility index (Phi) is 4.24. The van der Waals surface area contributed by atoms with Gasteiger partial charge < -0.3 is 4.90 Å². The lowest BCUT2D eigenvalue weighted by Gasteiger charge is -2.35. The molecular weight excluding hydrogens is 318 g/mol. The zero-order valence-corrected chi connectivity index (χ0v) is 13.8. The molecule has 4 rings (SSSR count). The molecule has 0 saturated carbocycles. The highest BCUT2D eigenvalue weighted by molar-refractivity contribution is 5.92. The molecule has 0 bridgehead atoms. The van der Waals surface area contributed by atoms with E-state index >= 15 is 0 Å². The fourth-order valence-electron chi connectivity index (χ4n) is 3.20. The van der Waals surface area contributed by atoms with Crippen LogP contribution in [0.15, 0.2) is 49.3 Å². The van der Waals surface area contributed by atoms with Crippen molar-refractivity contribution in [3.63, 3.8) is 0 Å². The van der Waals surface area contributed by atoms with Crippen molar-refractivity contribution >= 4 is 5.91 Å². The van der Waals surface area contributed by atoms with E-state index in [9.17, 15) is 4.79 Å². The zero-order chi connectivity index (χ0) is 17.1. The van der Waals surface area contributed by atoms with Crippen LogP contribution < -0.4 is 0 Å². The summed E-state index contributed by atoms with van der Waals surface area (Å²) in [5, 5.41) is 12.5. The Labute approximate surface area is 145 Å². The summed E-state index contributed by atoms with van der Waals surface area (Å²) in [6.45, 7) is 1.45. The number of piperidine rings is 1. The first-order valence-electron chi connectivity index (χ1n) is 8.42. The Balaban J connectivity index is 1.51. The maximum Gasteiger partial charge on any atom is 0.274 e. The molecule has 0 unspecified atom stereocenters. The largest absolute Gasteiger partial charge is 0.332 e. The Bertz CT molecular complexity index is 811. The van der Waals surface area contributed by atoms with E-state index < -0.39 is 0 Å². The maximum absolute atomic E-state index is 12.9. The number of rotatable bonds is 4. The van der Waals surface area contributed by atoms with E-state index in [1.165, 1.54) is 0 Å². The minimum atomic E-state index is -0.0680. The van der Waals surface area contributed by atoms with E-state index in [1.54, 1.807) is 41.6 Å². The number of imidazole rings is 1. The predicted molar refractivity (Wildman–Crippen MR) is 90.1 cm³/mol. The van der Waals surface area contributed by atoms with Crippen LogP contribution in [0, 0.1) is 0 Å². The van der Waals surface area contributed by atoms with Crippen LogP contribution in [0.5, 0.6) is 0 Å². The van der Waals surface area contributed by atoms with Crippen LogP contribution >= 0.6 is 0 Å². The van der Waals surface area contributed by atoms with Crippen LogP contribution in [0.4, 0.5) is 0 Å². The first-order valence-corrected chi connectivity index (χ1v) is 8.42. The molecule has 1 aliphatic rings. The summed E-state index contributed by atoms with van der Waals surface area (Å²) in [6.07, 6.45) is 11.9. The highest BCUT2D eigenvalue weighted by atomic mass is 16.2. The van der Waals surface area contributed by atoms with Crippen molar-refractivity contribution < 1.29 is 4.79 Å². The van der Waals surface area contributed by atoms with Gasteiger partial charge in [0, 0.05) is 31.3 Å². The summed E-state index contributed by atoms with van der Waals surface area (Å²) in [6, 6.07) is 5.55. The molecule has 25 heavy (non-hydrogen) atoms. The summed E-state index contributed by atoms with van der Waals surface area (Å²) in [4.78, 5) is 18.8. The van der Waals surface area contributed by atoms with Crippen molar-refractivity contribution in [2.24, 2.45) is 0 Å². The molecule has 0 aliphatic carbocycles. The van der Waals surface area contributed by atoms with Gasteiger partial charge in [-0.1, -0.05) is 0 Å². The molecule has 3 aromatic rings. The zero-order valence-electron chi connectivity index (χ0n) is 13.8. The van der Waals surface area contributed by atoms with Gasteiger partial charge >= 0.3 is 0 Å². The lowest BCUT2D eigenvalue weighted by molar-refractivity contribution is 0.0576. The van der Waals surface area contributed by atoms with Crippen molar-refractivity contribution in [3.05, 3.63) is 55.0 Å². The van der Waals surface area contributed by atoms with E-state index in [4.69, 9.17) is 0 Å². The Hall–Kier alpha value is -3.03. The van der Waals surface area contributed by atoms with Crippen LogP contribution in [0.2, 0.25) is 0 Å². The molecule has 0 aromatic carbocycles. The summed E-state index contributed by atoms with van der Waals surface area (Å²) in [7, 11) is 0. The van der Waals surface area contributed by atoms with Gasteiger partial charge in [0.25, 0.3) is 5.91 Å². The van der Waals surface area contributed by atoms with Gasteiger partial charge in [-0.05, 0) is 37.5 Å². The third-order valence-corrected chi connectivity index (χ3v) is 4.48. The van der Waals surface area contributed by atoms with Gasteiger partial charge in [-0.15, -0.1) is 10.2 Å². The van der Waals surface area contributed by atoms with Gasteiger partial charge in [0.05, 0.1) is 12.6 Å². The smallest absolute Gasteiger partial charge is 0.274 e. The SMILES string of the molecule is O=C(c1ccc(-n2ccnc2)nn1)N1CCCC[C@@H]1Cn1cccn1. The lowest BCUT2D eigenvalue weighted by Crippen LogP contribution is -2.46. The number of amides is 1. The van der Waals surface area contributed by atoms with Crippen LogP contribution in [0.1, 0.15) is 29.8 Å². The summed E-state index contributed by atoms with van der Waals surface area (Å²) in [5.41, 5.74) is 0.372. The van der Waals surface area contributed by atoms with E-state index in [0.717, 1.165) is 25.8 Å². The van der Waals surface area contributed by atoms with Crippen molar-refractivity contribution in [2.75, 3.05) is 6.54 Å².